The number of carbonyl (C=O) groups is 1. The van der Waals surface area contributed by atoms with Crippen LogP contribution in [0.2, 0.25) is 0 Å². The number of rotatable bonds is 6. The quantitative estimate of drug-likeness (QED) is 0.529. The minimum atomic E-state index is -0.437. The van der Waals surface area contributed by atoms with Crippen LogP contribution in [0.15, 0.2) is 23.1 Å². The topological polar surface area (TPSA) is 41.6 Å². The van der Waals surface area contributed by atoms with Crippen LogP contribution in [0.1, 0.15) is 46.5 Å². The average Bonchev–Trinajstić information content (AvgIpc) is 2.58. The summed E-state index contributed by atoms with van der Waals surface area (Å²) in [7, 11) is 0. The van der Waals surface area contributed by atoms with Gasteiger partial charge in [-0.15, -0.1) is 11.8 Å². The van der Waals surface area contributed by atoms with Crippen molar-refractivity contribution in [3.05, 3.63) is 24.0 Å². The minimum Gasteiger partial charge on any atom is -0.444 e. The first-order valence-electron chi connectivity index (χ1n) is 9.34. The number of nitrogens with one attached hydrogen (secondary N) is 1. The van der Waals surface area contributed by atoms with E-state index in [1.807, 2.05) is 44.1 Å². The van der Waals surface area contributed by atoms with Crippen LogP contribution in [-0.4, -0.2) is 42.5 Å². The van der Waals surface area contributed by atoms with E-state index in [1.54, 1.807) is 6.07 Å². The Labute approximate surface area is 160 Å². The summed E-state index contributed by atoms with van der Waals surface area (Å²) in [6.45, 7) is 8.06. The molecule has 1 N–H and O–H groups in total. The van der Waals surface area contributed by atoms with Crippen LogP contribution in [0, 0.1) is 11.7 Å². The molecule has 1 amide bonds. The highest BCUT2D eigenvalue weighted by Crippen LogP contribution is 2.24. The van der Waals surface area contributed by atoms with E-state index >= 15 is 0 Å². The number of likely N-dealkylation sites (tertiary alicyclic amines) is 1. The largest absolute Gasteiger partial charge is 0.444 e. The van der Waals surface area contributed by atoms with E-state index in [2.05, 4.69) is 5.32 Å². The normalized spacial score (nSPS) is 15.8. The number of benzene rings is 1. The standard InChI is InChI=1S/C20H31FN2O2S/c1-20(2,3)25-19(24)23-12-9-15(10-13-23)6-5-11-22-16-7-8-18(26-4)17(21)14-16/h7-8,14-15,22H,5-6,9-13H2,1-4H3. The molecule has 0 aromatic heterocycles. The van der Waals surface area contributed by atoms with Crippen molar-refractivity contribution in [2.75, 3.05) is 31.2 Å². The molecule has 1 aromatic carbocycles. The molecule has 1 saturated heterocycles. The number of hydrogen-bond acceptors (Lipinski definition) is 4. The summed E-state index contributed by atoms with van der Waals surface area (Å²) in [5.74, 6) is 0.475. The lowest BCUT2D eigenvalue weighted by atomic mass is 9.92. The molecule has 146 valence electrons. The first-order valence-corrected chi connectivity index (χ1v) is 10.6. The van der Waals surface area contributed by atoms with Gasteiger partial charge >= 0.3 is 6.09 Å². The van der Waals surface area contributed by atoms with Gasteiger partial charge < -0.3 is 15.0 Å². The van der Waals surface area contributed by atoms with E-state index in [9.17, 15) is 9.18 Å². The van der Waals surface area contributed by atoms with E-state index in [-0.39, 0.29) is 11.9 Å². The average molecular weight is 383 g/mol. The van der Waals surface area contributed by atoms with Crippen molar-refractivity contribution in [1.82, 2.24) is 4.90 Å². The molecule has 6 heteroatoms. The van der Waals surface area contributed by atoms with Crippen LogP contribution in [0.4, 0.5) is 14.9 Å². The second-order valence-corrected chi connectivity index (χ2v) is 8.68. The van der Waals surface area contributed by atoms with E-state index in [4.69, 9.17) is 4.74 Å². The van der Waals surface area contributed by atoms with E-state index in [0.29, 0.717) is 10.8 Å². The number of amides is 1. The highest BCUT2D eigenvalue weighted by Gasteiger charge is 2.26. The summed E-state index contributed by atoms with van der Waals surface area (Å²) >= 11 is 1.42. The van der Waals surface area contributed by atoms with Gasteiger partial charge in [-0.05, 0) is 76.8 Å². The summed E-state index contributed by atoms with van der Waals surface area (Å²) in [5, 5.41) is 3.30. The second kappa shape index (κ2) is 9.49. The van der Waals surface area contributed by atoms with Gasteiger partial charge in [0, 0.05) is 30.2 Å². The third-order valence-corrected chi connectivity index (χ3v) is 5.31. The molecular formula is C20H31FN2O2S. The van der Waals surface area contributed by atoms with Crippen molar-refractivity contribution in [2.24, 2.45) is 5.92 Å². The molecule has 0 radical (unpaired) electrons. The Morgan fingerprint density at radius 3 is 2.62 bits per heavy atom. The molecule has 1 fully saturated rings. The number of thioether (sulfide) groups is 1. The van der Waals surface area contributed by atoms with Gasteiger partial charge in [0.15, 0.2) is 0 Å². The molecule has 0 bridgehead atoms. The summed E-state index contributed by atoms with van der Waals surface area (Å²) in [4.78, 5) is 14.6. The van der Waals surface area contributed by atoms with Crippen molar-refractivity contribution in [1.29, 1.82) is 0 Å². The highest BCUT2D eigenvalue weighted by atomic mass is 32.2. The number of piperidine rings is 1. The number of carbonyl (C=O) groups excluding carboxylic acids is 1. The van der Waals surface area contributed by atoms with Gasteiger partial charge in [-0.1, -0.05) is 0 Å². The van der Waals surface area contributed by atoms with E-state index in [0.717, 1.165) is 51.0 Å². The minimum absolute atomic E-state index is 0.169. The lowest BCUT2D eigenvalue weighted by Gasteiger charge is -2.33. The lowest BCUT2D eigenvalue weighted by molar-refractivity contribution is 0.0181. The predicted octanol–water partition coefficient (Wildman–Crippen LogP) is 5.39. The maximum Gasteiger partial charge on any atom is 0.410 e. The summed E-state index contributed by atoms with van der Waals surface area (Å²) < 4.78 is 19.2. The molecule has 0 atom stereocenters. The predicted molar refractivity (Wildman–Crippen MR) is 106 cm³/mol. The lowest BCUT2D eigenvalue weighted by Crippen LogP contribution is -2.41. The third kappa shape index (κ3) is 6.71. The van der Waals surface area contributed by atoms with Crippen LogP contribution in [-0.2, 0) is 4.74 Å². The van der Waals surface area contributed by atoms with Crippen LogP contribution < -0.4 is 5.32 Å². The molecular weight excluding hydrogens is 351 g/mol. The van der Waals surface area contributed by atoms with Gasteiger partial charge in [0.05, 0.1) is 0 Å². The van der Waals surface area contributed by atoms with Crippen molar-refractivity contribution in [3.63, 3.8) is 0 Å². The molecule has 0 saturated carbocycles. The molecule has 0 aliphatic carbocycles. The summed E-state index contributed by atoms with van der Waals surface area (Å²) in [6.07, 6.45) is 5.89. The molecule has 1 aliphatic rings. The fourth-order valence-electron chi connectivity index (χ4n) is 3.13. The molecule has 1 aliphatic heterocycles. The van der Waals surface area contributed by atoms with Gasteiger partial charge in [0.2, 0.25) is 0 Å². The van der Waals surface area contributed by atoms with Gasteiger partial charge in [0.25, 0.3) is 0 Å². The zero-order valence-corrected chi connectivity index (χ0v) is 17.1. The Morgan fingerprint density at radius 2 is 2.04 bits per heavy atom. The Morgan fingerprint density at radius 1 is 1.35 bits per heavy atom. The van der Waals surface area contributed by atoms with E-state index in [1.165, 1.54) is 11.8 Å². The number of hydrogen-bond donors (Lipinski definition) is 1. The Balaban J connectivity index is 1.64. The molecule has 0 unspecified atom stereocenters. The van der Waals surface area contributed by atoms with E-state index < -0.39 is 5.60 Å². The second-order valence-electron chi connectivity index (χ2n) is 7.83. The van der Waals surface area contributed by atoms with Crippen LogP contribution >= 0.6 is 11.8 Å². The van der Waals surface area contributed by atoms with Gasteiger partial charge in [-0.2, -0.15) is 0 Å². The Bertz CT molecular complexity index is 596. The highest BCUT2D eigenvalue weighted by molar-refractivity contribution is 7.98. The number of nitrogens with zero attached hydrogens (tertiary/aromatic N) is 1. The molecule has 26 heavy (non-hydrogen) atoms. The third-order valence-electron chi connectivity index (χ3n) is 4.54. The fraction of sp³-hybridized carbons (Fsp3) is 0.650. The van der Waals surface area contributed by atoms with Gasteiger partial charge in [-0.25, -0.2) is 9.18 Å². The number of anilines is 1. The molecule has 1 heterocycles. The number of halogens is 1. The number of ether oxygens (including phenoxy) is 1. The smallest absolute Gasteiger partial charge is 0.410 e. The fourth-order valence-corrected chi connectivity index (χ4v) is 3.59. The van der Waals surface area contributed by atoms with Gasteiger partial charge in [-0.3, -0.25) is 0 Å². The van der Waals surface area contributed by atoms with Crippen LogP contribution in [0.25, 0.3) is 0 Å². The van der Waals surface area contributed by atoms with Gasteiger partial charge in [0.1, 0.15) is 11.4 Å². The first-order chi connectivity index (χ1) is 12.3. The van der Waals surface area contributed by atoms with Crippen molar-refractivity contribution < 1.29 is 13.9 Å². The first kappa shape index (κ1) is 20.9. The zero-order valence-electron chi connectivity index (χ0n) is 16.3. The SMILES string of the molecule is CSc1ccc(NCCCC2CCN(C(=O)OC(C)(C)C)CC2)cc1F. The Kier molecular flexibility index (Phi) is 7.62. The molecule has 2 rings (SSSR count). The Hall–Kier alpha value is -1.43. The van der Waals surface area contributed by atoms with Crippen molar-refractivity contribution in [2.45, 2.75) is 57.0 Å². The maximum atomic E-state index is 13.8. The van der Waals surface area contributed by atoms with Crippen molar-refractivity contribution in [3.8, 4) is 0 Å². The molecule has 0 spiro atoms. The monoisotopic (exact) mass is 382 g/mol. The van der Waals surface area contributed by atoms with Crippen LogP contribution in [0.3, 0.4) is 0 Å². The zero-order chi connectivity index (χ0) is 19.2. The summed E-state index contributed by atoms with van der Waals surface area (Å²) in [6, 6.07) is 5.30. The van der Waals surface area contributed by atoms with Crippen molar-refractivity contribution >= 4 is 23.5 Å². The van der Waals surface area contributed by atoms with Crippen LogP contribution in [0.5, 0.6) is 0 Å². The maximum absolute atomic E-state index is 13.8. The molecule has 1 aromatic rings. The molecule has 4 nitrogen and oxygen atoms in total. The summed E-state index contributed by atoms with van der Waals surface area (Å²) in [5.41, 5.74) is 0.396.